The summed E-state index contributed by atoms with van der Waals surface area (Å²) in [5.41, 5.74) is 3.32. The number of oxazole rings is 2. The van der Waals surface area contributed by atoms with Crippen molar-refractivity contribution in [3.8, 4) is 0 Å². The molecule has 2 N–H and O–H groups in total. The average molecular weight is 493 g/mol. The smallest absolute Gasteiger partial charge is 0.330 e. The highest BCUT2D eigenvalue weighted by Crippen LogP contribution is 2.39. The number of thioether (sulfide) groups is 2. The lowest BCUT2D eigenvalue weighted by Crippen LogP contribution is -2.52. The van der Waals surface area contributed by atoms with Crippen LogP contribution in [0.25, 0.3) is 22.2 Å². The zero-order valence-corrected chi connectivity index (χ0v) is 20.0. The number of rotatable bonds is 6. The van der Waals surface area contributed by atoms with E-state index in [1.807, 2.05) is 48.5 Å². The number of carbonyl (C=O) groups excluding carboxylic acids is 1. The molecule has 1 aliphatic heterocycles. The van der Waals surface area contributed by atoms with Crippen LogP contribution in [-0.2, 0) is 11.5 Å². The van der Waals surface area contributed by atoms with Gasteiger partial charge in [-0.3, -0.25) is 20.6 Å². The second kappa shape index (κ2) is 8.99. The van der Waals surface area contributed by atoms with Crippen molar-refractivity contribution in [1.29, 1.82) is 10.8 Å². The molecule has 0 aliphatic carbocycles. The van der Waals surface area contributed by atoms with Crippen LogP contribution in [0, 0.1) is 10.8 Å². The van der Waals surface area contributed by atoms with Gasteiger partial charge in [-0.15, -0.1) is 23.5 Å². The molecule has 4 aromatic rings. The van der Waals surface area contributed by atoms with Crippen LogP contribution in [0.5, 0.6) is 0 Å². The van der Waals surface area contributed by atoms with Crippen LogP contribution in [0.2, 0.25) is 0 Å². The number of fused-ring (bicyclic) bond motifs is 2. The summed E-state index contributed by atoms with van der Waals surface area (Å²) in [5.74, 6) is 1.82. The molecule has 1 aliphatic rings. The Bertz CT molecular complexity index is 1300. The summed E-state index contributed by atoms with van der Waals surface area (Å²) in [5, 5.41) is 17.1. The highest BCUT2D eigenvalue weighted by atomic mass is 32.2. The van der Waals surface area contributed by atoms with Crippen LogP contribution >= 0.6 is 23.5 Å². The Balaban J connectivity index is 1.46. The highest BCUT2D eigenvalue weighted by Gasteiger charge is 2.35. The molecule has 5 rings (SSSR count). The maximum atomic E-state index is 12.4. The van der Waals surface area contributed by atoms with Crippen LogP contribution in [0.1, 0.15) is 11.8 Å². The van der Waals surface area contributed by atoms with E-state index in [2.05, 4.69) is 9.97 Å². The van der Waals surface area contributed by atoms with Crippen LogP contribution in [0.4, 0.5) is 4.79 Å². The van der Waals surface area contributed by atoms with Crippen LogP contribution in [-0.4, -0.2) is 51.6 Å². The topological polar surface area (TPSA) is 123 Å². The van der Waals surface area contributed by atoms with Gasteiger partial charge >= 0.3 is 6.03 Å². The number of hydrogen-bond donors (Lipinski definition) is 2. The Morgan fingerprint density at radius 3 is 1.71 bits per heavy atom. The van der Waals surface area contributed by atoms with E-state index < -0.39 is 6.03 Å². The van der Waals surface area contributed by atoms with Gasteiger partial charge in [0, 0.05) is 14.1 Å². The molecular weight excluding hydrogens is 472 g/mol. The molecule has 1 saturated heterocycles. The minimum absolute atomic E-state index is 0.0294. The number of urea groups is 1. The summed E-state index contributed by atoms with van der Waals surface area (Å²) in [6.45, 7) is 0. The van der Waals surface area contributed by atoms with Crippen molar-refractivity contribution in [2.45, 2.75) is 11.5 Å². The highest BCUT2D eigenvalue weighted by molar-refractivity contribution is 8.21. The van der Waals surface area contributed by atoms with E-state index in [0.717, 1.165) is 11.0 Å². The predicted molar refractivity (Wildman–Crippen MR) is 134 cm³/mol. The molecule has 2 aromatic carbocycles. The standard InChI is InChI=1S/C23H20N6O3S2/c1-28-20(24)19(21(25)29(2)23(28)30)22(33-11-17-26-13-7-3-5-9-15(13)31-17)34-12-18-27-14-8-4-6-10-16(14)32-18/h3-10,24-25H,11-12H2,1-2H3. The van der Waals surface area contributed by atoms with Gasteiger partial charge in [-0.1, -0.05) is 24.3 Å². The lowest BCUT2D eigenvalue weighted by atomic mass is 10.2. The van der Waals surface area contributed by atoms with E-state index in [0.29, 0.717) is 44.3 Å². The quantitative estimate of drug-likeness (QED) is 0.374. The molecule has 0 atom stereocenters. The number of aromatic nitrogens is 2. The first-order chi connectivity index (χ1) is 16.4. The summed E-state index contributed by atoms with van der Waals surface area (Å²) in [6, 6.07) is 14.7. The number of hydrogen-bond acceptors (Lipinski definition) is 9. The molecule has 2 amide bonds. The van der Waals surface area contributed by atoms with Crippen molar-refractivity contribution in [2.24, 2.45) is 0 Å². The van der Waals surface area contributed by atoms with Crippen molar-refractivity contribution in [3.05, 3.63) is 70.1 Å². The van der Waals surface area contributed by atoms with Gasteiger partial charge in [0.2, 0.25) is 11.8 Å². The second-order valence-electron chi connectivity index (χ2n) is 7.49. The Kier molecular flexibility index (Phi) is 5.88. The van der Waals surface area contributed by atoms with E-state index in [9.17, 15) is 4.79 Å². The van der Waals surface area contributed by atoms with Gasteiger partial charge in [0.1, 0.15) is 22.7 Å². The Hall–Kier alpha value is -3.57. The van der Waals surface area contributed by atoms with Crippen LogP contribution in [0.15, 0.2) is 67.2 Å². The number of nitrogens with zero attached hydrogens (tertiary/aromatic N) is 4. The van der Waals surface area contributed by atoms with Crippen molar-refractivity contribution in [3.63, 3.8) is 0 Å². The number of carbonyl (C=O) groups is 1. The number of amides is 2. The first kappa shape index (κ1) is 22.2. The predicted octanol–water partition coefficient (Wildman–Crippen LogP) is 5.30. The molecule has 11 heteroatoms. The number of nitrogens with one attached hydrogen (secondary N) is 2. The summed E-state index contributed by atoms with van der Waals surface area (Å²) in [6.07, 6.45) is 0. The largest absolute Gasteiger partial charge is 0.440 e. The van der Waals surface area contributed by atoms with Gasteiger partial charge in [0.15, 0.2) is 11.2 Å². The molecule has 0 unspecified atom stereocenters. The Morgan fingerprint density at radius 1 is 0.824 bits per heavy atom. The van der Waals surface area contributed by atoms with Gasteiger partial charge in [-0.2, -0.15) is 0 Å². The van der Waals surface area contributed by atoms with E-state index in [1.165, 1.54) is 47.4 Å². The van der Waals surface area contributed by atoms with E-state index in [4.69, 9.17) is 19.7 Å². The minimum Gasteiger partial charge on any atom is -0.440 e. The van der Waals surface area contributed by atoms with Gasteiger partial charge in [-0.25, -0.2) is 14.8 Å². The molecule has 1 fully saturated rings. The number of amidine groups is 2. The van der Waals surface area contributed by atoms with Crippen molar-refractivity contribution in [2.75, 3.05) is 14.1 Å². The van der Waals surface area contributed by atoms with Gasteiger partial charge in [0.25, 0.3) is 0 Å². The number of para-hydroxylation sites is 4. The summed E-state index contributed by atoms with van der Waals surface area (Å²) in [7, 11) is 3.06. The monoisotopic (exact) mass is 492 g/mol. The summed E-state index contributed by atoms with van der Waals surface area (Å²) in [4.78, 5) is 23.9. The van der Waals surface area contributed by atoms with Crippen LogP contribution < -0.4 is 0 Å². The van der Waals surface area contributed by atoms with E-state index in [1.54, 1.807) is 0 Å². The average Bonchev–Trinajstić information content (AvgIpc) is 3.46. The number of benzene rings is 2. The SMILES string of the molecule is CN1C(=N)C(=C(SCc2nc3ccccc3o2)SCc2nc3ccccc3o2)C(=N)N(C)C1=O. The normalized spacial score (nSPS) is 14.6. The molecule has 0 spiro atoms. The van der Waals surface area contributed by atoms with E-state index >= 15 is 0 Å². The van der Waals surface area contributed by atoms with Crippen molar-refractivity contribution in [1.82, 2.24) is 19.8 Å². The summed E-state index contributed by atoms with van der Waals surface area (Å²) >= 11 is 2.81. The Morgan fingerprint density at radius 2 is 1.26 bits per heavy atom. The molecular formula is C23H20N6O3S2. The fraction of sp³-hybridized carbons (Fsp3) is 0.174. The van der Waals surface area contributed by atoms with Gasteiger partial charge < -0.3 is 8.83 Å². The molecule has 2 aromatic heterocycles. The van der Waals surface area contributed by atoms with Gasteiger partial charge in [0.05, 0.1) is 21.3 Å². The lowest BCUT2D eigenvalue weighted by Gasteiger charge is -2.34. The molecule has 9 nitrogen and oxygen atoms in total. The fourth-order valence-electron chi connectivity index (χ4n) is 3.46. The zero-order chi connectivity index (χ0) is 23.8. The second-order valence-corrected chi connectivity index (χ2v) is 9.72. The minimum atomic E-state index is -0.425. The first-order valence-corrected chi connectivity index (χ1v) is 12.3. The summed E-state index contributed by atoms with van der Waals surface area (Å²) < 4.78 is 12.4. The Labute approximate surface area is 203 Å². The fourth-order valence-corrected chi connectivity index (χ4v) is 5.58. The maximum Gasteiger partial charge on any atom is 0.330 e. The van der Waals surface area contributed by atoms with Crippen molar-refractivity contribution >= 4 is 63.4 Å². The first-order valence-electron chi connectivity index (χ1n) is 10.3. The number of likely N-dealkylation sites (N-methyl/N-ethyl adjacent to an activating group) is 2. The van der Waals surface area contributed by atoms with Gasteiger partial charge in [-0.05, 0) is 24.3 Å². The third kappa shape index (κ3) is 4.08. The third-order valence-corrected chi connectivity index (χ3v) is 7.67. The molecule has 172 valence electrons. The third-order valence-electron chi connectivity index (χ3n) is 5.25. The molecule has 34 heavy (non-hydrogen) atoms. The molecule has 0 bridgehead atoms. The molecule has 3 heterocycles. The molecule has 0 saturated carbocycles. The zero-order valence-electron chi connectivity index (χ0n) is 18.4. The lowest BCUT2D eigenvalue weighted by molar-refractivity contribution is 0.208. The maximum absolute atomic E-state index is 12.4. The van der Waals surface area contributed by atoms with Crippen LogP contribution in [0.3, 0.4) is 0 Å². The van der Waals surface area contributed by atoms with Crippen molar-refractivity contribution < 1.29 is 13.6 Å². The van der Waals surface area contributed by atoms with E-state index in [-0.39, 0.29) is 11.7 Å². The molecule has 0 radical (unpaired) electrons.